The van der Waals surface area contributed by atoms with Crippen LogP contribution in [-0.4, -0.2) is 9.78 Å². The number of aromatic nitrogens is 2. The molecule has 102 valence electrons. The Bertz CT molecular complexity index is 831. The fourth-order valence-corrected chi connectivity index (χ4v) is 2.62. The second-order valence-corrected chi connectivity index (χ2v) is 5.30. The first-order chi connectivity index (χ1) is 10.2. The molecule has 0 spiro atoms. The summed E-state index contributed by atoms with van der Waals surface area (Å²) in [6.07, 6.45) is 0. The van der Waals surface area contributed by atoms with E-state index in [2.05, 4.69) is 27.1 Å². The molecule has 1 heterocycles. The van der Waals surface area contributed by atoms with Crippen LogP contribution in [0.25, 0.3) is 16.9 Å². The van der Waals surface area contributed by atoms with Crippen LogP contribution in [0, 0.1) is 11.3 Å². The number of halogens is 1. The van der Waals surface area contributed by atoms with Crippen molar-refractivity contribution >= 4 is 21.7 Å². The van der Waals surface area contributed by atoms with Crippen LogP contribution in [0.15, 0.2) is 59.1 Å². The third kappa shape index (κ3) is 2.30. The van der Waals surface area contributed by atoms with Gasteiger partial charge in [-0.3, -0.25) is 0 Å². The largest absolute Gasteiger partial charge is 0.382 e. The lowest BCUT2D eigenvalue weighted by Crippen LogP contribution is -2.01. The van der Waals surface area contributed by atoms with Gasteiger partial charge in [0.1, 0.15) is 23.1 Å². The van der Waals surface area contributed by atoms with Crippen molar-refractivity contribution in [2.45, 2.75) is 0 Å². The third-order valence-electron chi connectivity index (χ3n) is 3.16. The summed E-state index contributed by atoms with van der Waals surface area (Å²) in [6.45, 7) is 0. The summed E-state index contributed by atoms with van der Waals surface area (Å²) >= 11 is 3.49. The molecule has 0 aliphatic heterocycles. The van der Waals surface area contributed by atoms with Crippen molar-refractivity contribution in [3.05, 3.63) is 64.6 Å². The number of anilines is 1. The highest BCUT2D eigenvalue weighted by atomic mass is 79.9. The zero-order chi connectivity index (χ0) is 14.8. The predicted molar refractivity (Wildman–Crippen MR) is 85.8 cm³/mol. The summed E-state index contributed by atoms with van der Waals surface area (Å²) in [6, 6.07) is 19.3. The molecule has 1 aromatic heterocycles. The number of para-hydroxylation sites is 1. The molecule has 0 aliphatic carbocycles. The van der Waals surface area contributed by atoms with Crippen LogP contribution in [0.2, 0.25) is 0 Å². The molecule has 0 unspecified atom stereocenters. The van der Waals surface area contributed by atoms with E-state index in [0.29, 0.717) is 17.1 Å². The summed E-state index contributed by atoms with van der Waals surface area (Å²) in [5.41, 5.74) is 8.72. The molecule has 2 N–H and O–H groups in total. The van der Waals surface area contributed by atoms with Gasteiger partial charge in [0.15, 0.2) is 0 Å². The number of benzene rings is 2. The molecule has 0 aliphatic rings. The molecule has 3 rings (SSSR count). The first kappa shape index (κ1) is 13.4. The molecule has 0 saturated carbocycles. The van der Waals surface area contributed by atoms with E-state index in [9.17, 15) is 5.26 Å². The Hall–Kier alpha value is -2.58. The SMILES string of the molecule is N#Cc1c(-c2ccccc2Br)nn(-c2ccccc2)c1N. The van der Waals surface area contributed by atoms with Crippen LogP contribution < -0.4 is 5.73 Å². The highest BCUT2D eigenvalue weighted by molar-refractivity contribution is 9.10. The monoisotopic (exact) mass is 338 g/mol. The lowest BCUT2D eigenvalue weighted by atomic mass is 10.1. The molecule has 3 aromatic rings. The molecule has 0 atom stereocenters. The first-order valence-electron chi connectivity index (χ1n) is 6.31. The van der Waals surface area contributed by atoms with Gasteiger partial charge in [-0.05, 0) is 18.2 Å². The highest BCUT2D eigenvalue weighted by Gasteiger charge is 2.19. The predicted octanol–water partition coefficient (Wildman–Crippen LogP) is 3.76. The molecule has 4 nitrogen and oxygen atoms in total. The number of nitrogen functional groups attached to an aromatic ring is 1. The number of nitrogens with two attached hydrogens (primary N) is 1. The normalized spacial score (nSPS) is 10.3. The van der Waals surface area contributed by atoms with Gasteiger partial charge in [0, 0.05) is 10.0 Å². The summed E-state index contributed by atoms with van der Waals surface area (Å²) < 4.78 is 2.46. The molecule has 0 fully saturated rings. The minimum Gasteiger partial charge on any atom is -0.382 e. The van der Waals surface area contributed by atoms with Crippen molar-refractivity contribution in [2.24, 2.45) is 0 Å². The van der Waals surface area contributed by atoms with E-state index < -0.39 is 0 Å². The van der Waals surface area contributed by atoms with Gasteiger partial charge in [-0.25, -0.2) is 4.68 Å². The van der Waals surface area contributed by atoms with Crippen LogP contribution in [0.3, 0.4) is 0 Å². The zero-order valence-electron chi connectivity index (χ0n) is 11.0. The number of nitriles is 1. The Morgan fingerprint density at radius 3 is 2.38 bits per heavy atom. The van der Waals surface area contributed by atoms with Crippen LogP contribution in [0.4, 0.5) is 5.82 Å². The van der Waals surface area contributed by atoms with Crippen molar-refractivity contribution in [2.75, 3.05) is 5.73 Å². The molecular formula is C16H11BrN4. The van der Waals surface area contributed by atoms with E-state index in [1.807, 2.05) is 54.6 Å². The second-order valence-electron chi connectivity index (χ2n) is 4.45. The van der Waals surface area contributed by atoms with E-state index in [1.165, 1.54) is 0 Å². The van der Waals surface area contributed by atoms with Crippen LogP contribution in [0.5, 0.6) is 0 Å². The Morgan fingerprint density at radius 2 is 1.71 bits per heavy atom. The topological polar surface area (TPSA) is 67.6 Å². The fourth-order valence-electron chi connectivity index (χ4n) is 2.15. The standard InChI is InChI=1S/C16H11BrN4/c17-14-9-5-4-8-12(14)15-13(10-18)16(19)21(20-15)11-6-2-1-3-7-11/h1-9H,19H2. The molecule has 0 bridgehead atoms. The van der Waals surface area contributed by atoms with Crippen LogP contribution >= 0.6 is 15.9 Å². The fraction of sp³-hybridized carbons (Fsp3) is 0. The van der Waals surface area contributed by atoms with Crippen LogP contribution in [-0.2, 0) is 0 Å². The Balaban J connectivity index is 2.25. The van der Waals surface area contributed by atoms with Crippen molar-refractivity contribution in [1.29, 1.82) is 5.26 Å². The van der Waals surface area contributed by atoms with E-state index in [-0.39, 0.29) is 0 Å². The lowest BCUT2D eigenvalue weighted by molar-refractivity contribution is 0.895. The van der Waals surface area contributed by atoms with Crippen molar-refractivity contribution in [3.8, 4) is 23.0 Å². The van der Waals surface area contributed by atoms with Crippen molar-refractivity contribution in [1.82, 2.24) is 9.78 Å². The summed E-state index contributed by atoms with van der Waals surface area (Å²) in [7, 11) is 0. The zero-order valence-corrected chi connectivity index (χ0v) is 12.6. The van der Waals surface area contributed by atoms with Gasteiger partial charge in [0.05, 0.1) is 5.69 Å². The second kappa shape index (κ2) is 5.43. The molecular weight excluding hydrogens is 328 g/mol. The number of rotatable bonds is 2. The minimum atomic E-state index is 0.342. The number of hydrogen-bond donors (Lipinski definition) is 1. The minimum absolute atomic E-state index is 0.342. The maximum atomic E-state index is 9.41. The number of nitrogens with zero attached hydrogens (tertiary/aromatic N) is 3. The van der Waals surface area contributed by atoms with Gasteiger partial charge in [-0.2, -0.15) is 10.4 Å². The number of hydrogen-bond acceptors (Lipinski definition) is 3. The van der Waals surface area contributed by atoms with Crippen LogP contribution in [0.1, 0.15) is 5.56 Å². The Labute approximate surface area is 130 Å². The average molecular weight is 339 g/mol. The van der Waals surface area contributed by atoms with Gasteiger partial charge >= 0.3 is 0 Å². The summed E-state index contributed by atoms with van der Waals surface area (Å²) in [5.74, 6) is 0.342. The third-order valence-corrected chi connectivity index (χ3v) is 3.85. The lowest BCUT2D eigenvalue weighted by Gasteiger charge is -2.02. The smallest absolute Gasteiger partial charge is 0.145 e. The van der Waals surface area contributed by atoms with Gasteiger partial charge in [0.25, 0.3) is 0 Å². The van der Waals surface area contributed by atoms with Gasteiger partial charge < -0.3 is 5.73 Å². The highest BCUT2D eigenvalue weighted by Crippen LogP contribution is 2.33. The molecule has 2 aromatic carbocycles. The van der Waals surface area contributed by atoms with E-state index >= 15 is 0 Å². The quantitative estimate of drug-likeness (QED) is 0.773. The maximum Gasteiger partial charge on any atom is 0.145 e. The molecule has 21 heavy (non-hydrogen) atoms. The van der Waals surface area contributed by atoms with Gasteiger partial charge in [0.2, 0.25) is 0 Å². The molecule has 0 amide bonds. The van der Waals surface area contributed by atoms with Crippen molar-refractivity contribution < 1.29 is 0 Å². The Kier molecular flexibility index (Phi) is 3.46. The maximum absolute atomic E-state index is 9.41. The van der Waals surface area contributed by atoms with E-state index in [4.69, 9.17) is 5.73 Å². The molecule has 0 saturated heterocycles. The Morgan fingerprint density at radius 1 is 1.05 bits per heavy atom. The van der Waals surface area contributed by atoms with Gasteiger partial charge in [-0.1, -0.05) is 52.3 Å². The first-order valence-corrected chi connectivity index (χ1v) is 7.10. The van der Waals surface area contributed by atoms with E-state index in [1.54, 1.807) is 4.68 Å². The van der Waals surface area contributed by atoms with Gasteiger partial charge in [-0.15, -0.1) is 0 Å². The average Bonchev–Trinajstić information content (AvgIpc) is 2.85. The molecule has 0 radical (unpaired) electrons. The van der Waals surface area contributed by atoms with E-state index in [0.717, 1.165) is 15.7 Å². The van der Waals surface area contributed by atoms with Crippen molar-refractivity contribution in [3.63, 3.8) is 0 Å². The summed E-state index contributed by atoms with van der Waals surface area (Å²) in [5, 5.41) is 13.9. The molecule has 5 heteroatoms. The summed E-state index contributed by atoms with van der Waals surface area (Å²) in [4.78, 5) is 0.